The van der Waals surface area contributed by atoms with Gasteiger partial charge in [-0.25, -0.2) is 13.1 Å². The molecule has 0 fully saturated rings. The molecule has 12 heteroatoms. The Hall–Kier alpha value is -3.41. The SMILES string of the molecule is COc1nn(C)c(NS(=O)(=O)c2ccc(C(F)(F)F)cc2)c1-c1ccc2c(c1)OCO2. The lowest BCUT2D eigenvalue weighted by atomic mass is 10.1. The molecule has 2 heterocycles. The van der Waals surface area contributed by atoms with E-state index < -0.39 is 21.8 Å². The number of anilines is 1. The minimum absolute atomic E-state index is 0.0654. The first kappa shape index (κ1) is 20.8. The Morgan fingerprint density at radius 2 is 1.77 bits per heavy atom. The van der Waals surface area contributed by atoms with Gasteiger partial charge in [0.05, 0.1) is 23.1 Å². The Bertz CT molecular complexity index is 1240. The van der Waals surface area contributed by atoms with Crippen LogP contribution >= 0.6 is 0 Å². The average molecular weight is 455 g/mol. The standard InChI is InChI=1S/C19H16F3N3O5S/c1-25-17(24-31(26,27)13-6-4-12(5-7-13)19(20,21)22)16(18(23-25)28-2)11-3-8-14-15(9-11)30-10-29-14/h3-9,24H,10H2,1-2H3. The summed E-state index contributed by atoms with van der Waals surface area (Å²) in [7, 11) is -1.34. The molecular weight excluding hydrogens is 439 g/mol. The van der Waals surface area contributed by atoms with Crippen LogP contribution in [0.2, 0.25) is 0 Å². The lowest BCUT2D eigenvalue weighted by molar-refractivity contribution is -0.137. The zero-order chi connectivity index (χ0) is 22.4. The molecule has 1 aliphatic rings. The molecule has 0 radical (unpaired) electrons. The number of rotatable bonds is 5. The van der Waals surface area contributed by atoms with Gasteiger partial charge in [-0.1, -0.05) is 6.07 Å². The molecule has 0 spiro atoms. The predicted octanol–water partition coefficient (Wildman–Crippen LogP) is 3.64. The Labute approximate surface area is 175 Å². The van der Waals surface area contributed by atoms with Gasteiger partial charge in [0.25, 0.3) is 10.0 Å². The van der Waals surface area contributed by atoms with Crippen molar-refractivity contribution in [1.29, 1.82) is 0 Å². The number of methoxy groups -OCH3 is 1. The number of halogens is 3. The fraction of sp³-hybridized carbons (Fsp3) is 0.211. The average Bonchev–Trinajstić information content (AvgIpc) is 3.31. The third-order valence-electron chi connectivity index (χ3n) is 4.59. The highest BCUT2D eigenvalue weighted by atomic mass is 32.2. The van der Waals surface area contributed by atoms with E-state index in [0.717, 1.165) is 12.1 Å². The molecule has 3 aromatic rings. The molecule has 0 amide bonds. The van der Waals surface area contributed by atoms with Crippen molar-refractivity contribution in [2.45, 2.75) is 11.1 Å². The zero-order valence-electron chi connectivity index (χ0n) is 16.2. The molecule has 4 rings (SSSR count). The fourth-order valence-electron chi connectivity index (χ4n) is 3.08. The minimum Gasteiger partial charge on any atom is -0.479 e. The maximum atomic E-state index is 12.9. The van der Waals surface area contributed by atoms with E-state index in [1.165, 1.54) is 18.8 Å². The number of benzene rings is 2. The summed E-state index contributed by atoms with van der Waals surface area (Å²) in [5.41, 5.74) is -0.0761. The number of ether oxygens (including phenoxy) is 3. The highest BCUT2D eigenvalue weighted by Crippen LogP contribution is 2.42. The van der Waals surface area contributed by atoms with E-state index in [-0.39, 0.29) is 23.4 Å². The third kappa shape index (κ3) is 3.85. The monoisotopic (exact) mass is 455 g/mol. The number of aromatic nitrogens is 2. The van der Waals surface area contributed by atoms with Gasteiger partial charge in [-0.2, -0.15) is 13.2 Å². The smallest absolute Gasteiger partial charge is 0.416 e. The van der Waals surface area contributed by atoms with E-state index in [2.05, 4.69) is 9.82 Å². The summed E-state index contributed by atoms with van der Waals surface area (Å²) in [6.07, 6.45) is -4.57. The summed E-state index contributed by atoms with van der Waals surface area (Å²) < 4.78 is 83.7. The molecule has 0 bridgehead atoms. The van der Waals surface area contributed by atoms with E-state index in [0.29, 0.717) is 34.8 Å². The van der Waals surface area contributed by atoms with Crippen molar-refractivity contribution in [2.75, 3.05) is 18.6 Å². The van der Waals surface area contributed by atoms with Gasteiger partial charge < -0.3 is 14.2 Å². The Kier molecular flexibility index (Phi) is 4.96. The summed E-state index contributed by atoms with van der Waals surface area (Å²) >= 11 is 0. The summed E-state index contributed by atoms with van der Waals surface area (Å²) in [4.78, 5) is -0.336. The van der Waals surface area contributed by atoms with Crippen LogP contribution in [0.1, 0.15) is 5.56 Å². The van der Waals surface area contributed by atoms with Gasteiger partial charge in [-0.3, -0.25) is 4.72 Å². The summed E-state index contributed by atoms with van der Waals surface area (Å²) in [5.74, 6) is 1.22. The van der Waals surface area contributed by atoms with Gasteiger partial charge in [0.15, 0.2) is 11.5 Å². The number of sulfonamides is 1. The molecule has 1 N–H and O–H groups in total. The lowest BCUT2D eigenvalue weighted by Gasteiger charge is -2.12. The number of nitrogens with zero attached hydrogens (tertiary/aromatic N) is 2. The summed E-state index contributed by atoms with van der Waals surface area (Å²) in [6.45, 7) is 0.0658. The van der Waals surface area contributed by atoms with Crippen LogP contribution in [0.5, 0.6) is 17.4 Å². The Balaban J connectivity index is 1.74. The Morgan fingerprint density at radius 1 is 1.10 bits per heavy atom. The van der Waals surface area contributed by atoms with Crippen LogP contribution in [0, 0.1) is 0 Å². The van der Waals surface area contributed by atoms with Gasteiger partial charge in [-0.05, 0) is 42.0 Å². The van der Waals surface area contributed by atoms with Crippen LogP contribution in [0.15, 0.2) is 47.4 Å². The molecular formula is C19H16F3N3O5S. The Morgan fingerprint density at radius 3 is 2.42 bits per heavy atom. The molecule has 0 saturated carbocycles. The van der Waals surface area contributed by atoms with Crippen molar-refractivity contribution in [2.24, 2.45) is 7.05 Å². The molecule has 1 aromatic heterocycles. The normalized spacial score (nSPS) is 13.3. The first-order chi connectivity index (χ1) is 14.6. The first-order valence-electron chi connectivity index (χ1n) is 8.81. The van der Waals surface area contributed by atoms with Crippen molar-refractivity contribution in [3.05, 3.63) is 48.0 Å². The maximum absolute atomic E-state index is 12.9. The van der Waals surface area contributed by atoms with Crippen LogP contribution < -0.4 is 18.9 Å². The van der Waals surface area contributed by atoms with Gasteiger partial charge in [0.1, 0.15) is 5.82 Å². The highest BCUT2D eigenvalue weighted by Gasteiger charge is 2.31. The predicted molar refractivity (Wildman–Crippen MR) is 104 cm³/mol. The second-order valence-electron chi connectivity index (χ2n) is 6.55. The van der Waals surface area contributed by atoms with Gasteiger partial charge in [0, 0.05) is 7.05 Å². The van der Waals surface area contributed by atoms with E-state index in [9.17, 15) is 21.6 Å². The number of hydrogen-bond acceptors (Lipinski definition) is 6. The maximum Gasteiger partial charge on any atom is 0.416 e. The number of alkyl halides is 3. The van der Waals surface area contributed by atoms with Crippen molar-refractivity contribution >= 4 is 15.8 Å². The summed E-state index contributed by atoms with van der Waals surface area (Å²) in [6, 6.07) is 8.19. The molecule has 8 nitrogen and oxygen atoms in total. The lowest BCUT2D eigenvalue weighted by Crippen LogP contribution is -2.16. The topological polar surface area (TPSA) is 91.7 Å². The molecule has 164 valence electrons. The number of hydrogen-bond donors (Lipinski definition) is 1. The van der Waals surface area contributed by atoms with Crippen molar-refractivity contribution in [3.8, 4) is 28.5 Å². The zero-order valence-corrected chi connectivity index (χ0v) is 17.0. The molecule has 0 aliphatic carbocycles. The van der Waals surface area contributed by atoms with Crippen LogP contribution in [0.4, 0.5) is 19.0 Å². The molecule has 2 aromatic carbocycles. The number of nitrogens with one attached hydrogen (secondary N) is 1. The third-order valence-corrected chi connectivity index (χ3v) is 5.95. The van der Waals surface area contributed by atoms with Crippen molar-refractivity contribution in [1.82, 2.24) is 9.78 Å². The number of fused-ring (bicyclic) bond motifs is 1. The highest BCUT2D eigenvalue weighted by molar-refractivity contribution is 7.92. The molecule has 1 aliphatic heterocycles. The second-order valence-corrected chi connectivity index (χ2v) is 8.23. The van der Waals surface area contributed by atoms with Gasteiger partial charge >= 0.3 is 6.18 Å². The van der Waals surface area contributed by atoms with Crippen LogP contribution in [-0.2, 0) is 23.2 Å². The largest absolute Gasteiger partial charge is 0.479 e. The second kappa shape index (κ2) is 7.38. The fourth-order valence-corrected chi connectivity index (χ4v) is 4.18. The van der Waals surface area contributed by atoms with Gasteiger partial charge in [0.2, 0.25) is 12.7 Å². The van der Waals surface area contributed by atoms with E-state index >= 15 is 0 Å². The van der Waals surface area contributed by atoms with Crippen LogP contribution in [0.3, 0.4) is 0 Å². The summed E-state index contributed by atoms with van der Waals surface area (Å²) in [5, 5.41) is 4.17. The van der Waals surface area contributed by atoms with E-state index in [1.807, 2.05) is 0 Å². The van der Waals surface area contributed by atoms with Crippen LogP contribution in [-0.4, -0.2) is 32.1 Å². The van der Waals surface area contributed by atoms with E-state index in [1.54, 1.807) is 18.2 Å². The molecule has 0 saturated heterocycles. The molecule has 31 heavy (non-hydrogen) atoms. The van der Waals surface area contributed by atoms with Crippen molar-refractivity contribution in [3.63, 3.8) is 0 Å². The first-order valence-corrected chi connectivity index (χ1v) is 10.3. The quantitative estimate of drug-likeness (QED) is 0.632. The van der Waals surface area contributed by atoms with Crippen LogP contribution in [0.25, 0.3) is 11.1 Å². The van der Waals surface area contributed by atoms with E-state index in [4.69, 9.17) is 14.2 Å². The minimum atomic E-state index is -4.57. The molecule has 0 atom stereocenters. The molecule has 0 unspecified atom stereocenters. The number of aryl methyl sites for hydroxylation is 1. The van der Waals surface area contributed by atoms with Gasteiger partial charge in [-0.15, -0.1) is 5.10 Å². The van der Waals surface area contributed by atoms with Crippen molar-refractivity contribution < 1.29 is 35.8 Å².